The molecule has 4 aromatic rings. The van der Waals surface area contributed by atoms with Gasteiger partial charge in [-0.1, -0.05) is 12.1 Å². The molecule has 152 valence electrons. The van der Waals surface area contributed by atoms with E-state index in [2.05, 4.69) is 21.0 Å². The molecule has 0 radical (unpaired) electrons. The van der Waals surface area contributed by atoms with Crippen LogP contribution in [0, 0.1) is 11.3 Å². The fourth-order valence-electron chi connectivity index (χ4n) is 3.35. The summed E-state index contributed by atoms with van der Waals surface area (Å²) in [7, 11) is 3.52. The van der Waals surface area contributed by atoms with Gasteiger partial charge in [-0.3, -0.25) is 4.90 Å². The number of nitriles is 1. The molecule has 1 aromatic carbocycles. The van der Waals surface area contributed by atoms with Gasteiger partial charge in [0.25, 0.3) is 0 Å². The Bertz CT molecular complexity index is 1320. The lowest BCUT2D eigenvalue weighted by molar-refractivity contribution is 0.0589. The molecule has 1 amide bonds. The molecular weight excluding hydrogens is 380 g/mol. The van der Waals surface area contributed by atoms with Gasteiger partial charge in [0.05, 0.1) is 23.5 Å². The second kappa shape index (κ2) is 6.88. The third-order valence-corrected chi connectivity index (χ3v) is 4.71. The third-order valence-electron chi connectivity index (χ3n) is 4.71. The average Bonchev–Trinajstić information content (AvgIpc) is 3.29. The number of fused-ring (bicyclic) bond motifs is 3. The Morgan fingerprint density at radius 1 is 1.30 bits per heavy atom. The van der Waals surface area contributed by atoms with Crippen LogP contribution < -0.4 is 4.90 Å². The smallest absolute Gasteiger partial charge is 0.415 e. The van der Waals surface area contributed by atoms with E-state index < -0.39 is 11.7 Å². The fraction of sp³-hybridized carbons (Fsp3) is 0.273. The van der Waals surface area contributed by atoms with Gasteiger partial charge in [0.2, 0.25) is 0 Å². The van der Waals surface area contributed by atoms with Gasteiger partial charge in [-0.2, -0.15) is 5.26 Å². The van der Waals surface area contributed by atoms with Gasteiger partial charge >= 0.3 is 6.09 Å². The van der Waals surface area contributed by atoms with E-state index in [0.717, 1.165) is 22.2 Å². The third kappa shape index (κ3) is 3.35. The number of carbonyl (C=O) groups excluding carboxylic acids is 1. The van der Waals surface area contributed by atoms with Crippen LogP contribution in [0.3, 0.4) is 0 Å². The molecule has 0 spiro atoms. The number of ether oxygens (including phenoxy) is 1. The molecule has 0 aliphatic rings. The van der Waals surface area contributed by atoms with Crippen molar-refractivity contribution in [2.75, 3.05) is 11.9 Å². The molecule has 3 heterocycles. The Morgan fingerprint density at radius 2 is 2.07 bits per heavy atom. The SMILES string of the molecule is CN(C(=O)OC(C)(C)C)c1nc2[nH]c(-c3cccc(C#N)c3)cc2c2c1ncn2C. The predicted octanol–water partition coefficient (Wildman–Crippen LogP) is 4.36. The number of pyridine rings is 1. The molecular formula is C22H22N6O2. The fourth-order valence-corrected chi connectivity index (χ4v) is 3.35. The number of nitrogens with one attached hydrogen (secondary N) is 1. The zero-order valence-corrected chi connectivity index (χ0v) is 17.5. The van der Waals surface area contributed by atoms with Gasteiger partial charge in [-0.05, 0) is 44.5 Å². The Balaban J connectivity index is 1.89. The van der Waals surface area contributed by atoms with Crippen molar-refractivity contribution in [2.24, 2.45) is 7.05 Å². The number of nitrogens with zero attached hydrogens (tertiary/aromatic N) is 5. The van der Waals surface area contributed by atoms with E-state index in [4.69, 9.17) is 4.74 Å². The largest absolute Gasteiger partial charge is 0.443 e. The van der Waals surface area contributed by atoms with E-state index in [1.165, 1.54) is 4.90 Å². The number of amides is 1. The van der Waals surface area contributed by atoms with E-state index in [1.54, 1.807) is 19.4 Å². The number of rotatable bonds is 2. The Morgan fingerprint density at radius 3 is 2.77 bits per heavy atom. The molecule has 0 aliphatic carbocycles. The van der Waals surface area contributed by atoms with Crippen molar-refractivity contribution in [1.29, 1.82) is 5.26 Å². The van der Waals surface area contributed by atoms with Crippen molar-refractivity contribution in [1.82, 2.24) is 19.5 Å². The average molecular weight is 402 g/mol. The minimum atomic E-state index is -0.621. The number of anilines is 1. The highest BCUT2D eigenvalue weighted by Crippen LogP contribution is 2.33. The summed E-state index contributed by atoms with van der Waals surface area (Å²) < 4.78 is 7.39. The maximum Gasteiger partial charge on any atom is 0.415 e. The highest BCUT2D eigenvalue weighted by Gasteiger charge is 2.25. The number of carbonyl (C=O) groups is 1. The number of hydrogen-bond donors (Lipinski definition) is 1. The summed E-state index contributed by atoms with van der Waals surface area (Å²) in [5.41, 5.74) is 3.74. The van der Waals surface area contributed by atoms with Crippen LogP contribution >= 0.6 is 0 Å². The Labute approximate surface area is 173 Å². The molecule has 0 fully saturated rings. The first-order valence-electron chi connectivity index (χ1n) is 9.49. The molecule has 4 rings (SSSR count). The molecule has 8 nitrogen and oxygen atoms in total. The molecule has 0 aliphatic heterocycles. The summed E-state index contributed by atoms with van der Waals surface area (Å²) >= 11 is 0. The monoisotopic (exact) mass is 402 g/mol. The molecule has 30 heavy (non-hydrogen) atoms. The number of aromatic nitrogens is 4. The second-order valence-corrected chi connectivity index (χ2v) is 8.17. The molecule has 0 unspecified atom stereocenters. The minimum Gasteiger partial charge on any atom is -0.443 e. The van der Waals surface area contributed by atoms with E-state index in [1.807, 2.05) is 56.7 Å². The van der Waals surface area contributed by atoms with Crippen LogP contribution in [-0.2, 0) is 11.8 Å². The van der Waals surface area contributed by atoms with Crippen LogP contribution in [0.5, 0.6) is 0 Å². The van der Waals surface area contributed by atoms with Crippen molar-refractivity contribution in [3.63, 3.8) is 0 Å². The van der Waals surface area contributed by atoms with Crippen LogP contribution in [0.2, 0.25) is 0 Å². The number of aryl methyl sites for hydroxylation is 1. The van der Waals surface area contributed by atoms with E-state index in [-0.39, 0.29) is 0 Å². The lowest BCUT2D eigenvalue weighted by atomic mass is 10.1. The first-order valence-corrected chi connectivity index (χ1v) is 9.49. The molecule has 0 atom stereocenters. The summed E-state index contributed by atoms with van der Waals surface area (Å²) in [5.74, 6) is 0.409. The van der Waals surface area contributed by atoms with Crippen LogP contribution in [0.15, 0.2) is 36.7 Å². The van der Waals surface area contributed by atoms with Gasteiger partial charge in [0.15, 0.2) is 5.82 Å². The molecule has 0 saturated heterocycles. The number of H-pyrrole nitrogens is 1. The summed E-state index contributed by atoms with van der Waals surface area (Å²) in [5, 5.41) is 10.1. The number of aromatic amines is 1. The Hall–Kier alpha value is -3.86. The van der Waals surface area contributed by atoms with Crippen molar-refractivity contribution in [2.45, 2.75) is 26.4 Å². The van der Waals surface area contributed by atoms with E-state index in [0.29, 0.717) is 22.5 Å². The summed E-state index contributed by atoms with van der Waals surface area (Å²) in [4.78, 5) is 26.5. The first-order chi connectivity index (χ1) is 14.2. The zero-order valence-electron chi connectivity index (χ0n) is 17.5. The molecule has 0 bridgehead atoms. The van der Waals surface area contributed by atoms with Crippen LogP contribution in [0.1, 0.15) is 26.3 Å². The maximum atomic E-state index is 12.6. The lowest BCUT2D eigenvalue weighted by Gasteiger charge is -2.24. The molecule has 8 heteroatoms. The topological polar surface area (TPSA) is 99.8 Å². The minimum absolute atomic E-state index is 0.409. The number of benzene rings is 1. The summed E-state index contributed by atoms with van der Waals surface area (Å²) in [6.07, 6.45) is 1.19. The van der Waals surface area contributed by atoms with Crippen molar-refractivity contribution >= 4 is 34.0 Å². The van der Waals surface area contributed by atoms with Crippen molar-refractivity contribution < 1.29 is 9.53 Å². The van der Waals surface area contributed by atoms with Gasteiger partial charge in [0.1, 0.15) is 16.8 Å². The quantitative estimate of drug-likeness (QED) is 0.537. The summed E-state index contributed by atoms with van der Waals surface area (Å²) in [6, 6.07) is 11.5. The number of hydrogen-bond acceptors (Lipinski definition) is 5. The van der Waals surface area contributed by atoms with Crippen LogP contribution in [0.4, 0.5) is 10.6 Å². The van der Waals surface area contributed by atoms with Gasteiger partial charge in [-0.25, -0.2) is 14.8 Å². The highest BCUT2D eigenvalue weighted by atomic mass is 16.6. The van der Waals surface area contributed by atoms with Gasteiger partial charge in [0, 0.05) is 25.2 Å². The molecule has 0 saturated carbocycles. The van der Waals surface area contributed by atoms with Crippen LogP contribution in [-0.4, -0.2) is 38.3 Å². The van der Waals surface area contributed by atoms with Crippen molar-refractivity contribution in [3.05, 3.63) is 42.2 Å². The lowest BCUT2D eigenvalue weighted by Crippen LogP contribution is -2.34. The number of imidazole rings is 1. The normalized spacial score (nSPS) is 11.6. The Kier molecular flexibility index (Phi) is 4.46. The molecule has 3 aromatic heterocycles. The maximum absolute atomic E-state index is 12.6. The highest BCUT2D eigenvalue weighted by molar-refractivity contribution is 6.09. The van der Waals surface area contributed by atoms with Crippen molar-refractivity contribution in [3.8, 4) is 17.3 Å². The van der Waals surface area contributed by atoms with E-state index in [9.17, 15) is 10.1 Å². The van der Waals surface area contributed by atoms with Gasteiger partial charge in [-0.15, -0.1) is 0 Å². The standard InChI is InChI=1S/C22H22N6O2/c1-22(2,3)30-21(29)28(5)20-17-18(27(4)12-24-17)15-10-16(25-19(15)26-20)14-8-6-7-13(9-14)11-23/h6-10,12H,1-5H3,(H,25,26). The van der Waals surface area contributed by atoms with Crippen LogP contribution in [0.25, 0.3) is 33.3 Å². The van der Waals surface area contributed by atoms with E-state index >= 15 is 0 Å². The summed E-state index contributed by atoms with van der Waals surface area (Å²) in [6.45, 7) is 5.45. The van der Waals surface area contributed by atoms with Gasteiger partial charge < -0.3 is 14.3 Å². The molecule has 1 N–H and O–H groups in total. The predicted molar refractivity (Wildman–Crippen MR) is 115 cm³/mol. The first kappa shape index (κ1) is 19.5. The second-order valence-electron chi connectivity index (χ2n) is 8.17. The zero-order chi connectivity index (χ0) is 21.6.